The Morgan fingerprint density at radius 2 is 1.82 bits per heavy atom. The van der Waals surface area contributed by atoms with Crippen LogP contribution < -0.4 is 16.0 Å². The van der Waals surface area contributed by atoms with Crippen LogP contribution in [0.4, 0.5) is 11.5 Å². The van der Waals surface area contributed by atoms with Gasteiger partial charge in [0, 0.05) is 40.8 Å². The molecule has 0 radical (unpaired) electrons. The molecule has 3 N–H and O–H groups in total. The molecule has 1 unspecified atom stereocenters. The van der Waals surface area contributed by atoms with Crippen molar-refractivity contribution in [3.8, 4) is 11.3 Å². The number of nitrogens with zero attached hydrogens (tertiary/aromatic N) is 2. The fraction of sp³-hybridized carbons (Fsp3) is 0.308. The number of hydrogen-bond acceptors (Lipinski definition) is 5. The first kappa shape index (κ1) is 23.9. The van der Waals surface area contributed by atoms with Crippen molar-refractivity contribution in [1.29, 1.82) is 0 Å². The highest BCUT2D eigenvalue weighted by molar-refractivity contribution is 6.30. The first-order valence-electron chi connectivity index (χ1n) is 11.4. The summed E-state index contributed by atoms with van der Waals surface area (Å²) >= 11 is 6.03. The SMILES string of the molecule is CC(C)NCC(C(=O)Nc1ccc(-c2ncnc3c2[C@H](C)CC(=O)N3)cc1)c1ccc(Cl)cc1. The van der Waals surface area contributed by atoms with Gasteiger partial charge in [0.1, 0.15) is 12.1 Å². The highest BCUT2D eigenvalue weighted by atomic mass is 35.5. The van der Waals surface area contributed by atoms with Gasteiger partial charge in [-0.2, -0.15) is 0 Å². The van der Waals surface area contributed by atoms with Crippen LogP contribution in [0.15, 0.2) is 54.9 Å². The lowest BCUT2D eigenvalue weighted by Gasteiger charge is -2.23. The number of nitrogens with one attached hydrogen (secondary N) is 3. The van der Waals surface area contributed by atoms with Crippen LogP contribution in [0, 0.1) is 0 Å². The molecular formula is C26H28ClN5O2. The van der Waals surface area contributed by atoms with Crippen LogP contribution in [0.1, 0.15) is 50.2 Å². The summed E-state index contributed by atoms with van der Waals surface area (Å²) in [5.41, 5.74) is 4.21. The molecule has 2 aromatic carbocycles. The molecule has 0 saturated heterocycles. The van der Waals surface area contributed by atoms with E-state index < -0.39 is 0 Å². The van der Waals surface area contributed by atoms with E-state index in [-0.39, 0.29) is 29.7 Å². The van der Waals surface area contributed by atoms with Gasteiger partial charge < -0.3 is 16.0 Å². The fourth-order valence-electron chi connectivity index (χ4n) is 4.11. The van der Waals surface area contributed by atoms with Crippen LogP contribution in [0.5, 0.6) is 0 Å². The molecule has 8 heteroatoms. The van der Waals surface area contributed by atoms with Crippen molar-refractivity contribution in [3.05, 3.63) is 71.0 Å². The van der Waals surface area contributed by atoms with E-state index in [0.717, 1.165) is 22.4 Å². The van der Waals surface area contributed by atoms with E-state index >= 15 is 0 Å². The number of benzene rings is 2. The van der Waals surface area contributed by atoms with Crippen molar-refractivity contribution >= 4 is 34.9 Å². The average molecular weight is 478 g/mol. The Bertz CT molecular complexity index is 1180. The second-order valence-corrected chi connectivity index (χ2v) is 9.31. The predicted molar refractivity (Wildman–Crippen MR) is 135 cm³/mol. The molecule has 4 rings (SSSR count). The van der Waals surface area contributed by atoms with Gasteiger partial charge in [-0.25, -0.2) is 9.97 Å². The third-order valence-corrected chi connectivity index (χ3v) is 6.12. The third kappa shape index (κ3) is 5.43. The summed E-state index contributed by atoms with van der Waals surface area (Å²) in [6.45, 7) is 6.61. The van der Waals surface area contributed by atoms with Crippen molar-refractivity contribution in [2.45, 2.75) is 45.1 Å². The minimum atomic E-state index is -0.363. The van der Waals surface area contributed by atoms with Gasteiger partial charge in [0.15, 0.2) is 0 Å². The molecule has 2 heterocycles. The Kier molecular flexibility index (Phi) is 7.24. The highest BCUT2D eigenvalue weighted by Crippen LogP contribution is 2.37. The second kappa shape index (κ2) is 10.3. The minimum absolute atomic E-state index is 0.0212. The summed E-state index contributed by atoms with van der Waals surface area (Å²) in [4.78, 5) is 33.8. The van der Waals surface area contributed by atoms with Gasteiger partial charge in [-0.3, -0.25) is 9.59 Å². The molecule has 0 bridgehead atoms. The molecule has 0 aliphatic carbocycles. The van der Waals surface area contributed by atoms with Gasteiger partial charge >= 0.3 is 0 Å². The van der Waals surface area contributed by atoms with Gasteiger partial charge in [-0.15, -0.1) is 0 Å². The van der Waals surface area contributed by atoms with Gasteiger partial charge in [0.05, 0.1) is 11.6 Å². The second-order valence-electron chi connectivity index (χ2n) is 8.87. The number of carbonyl (C=O) groups excluding carboxylic acids is 2. The number of amides is 2. The molecule has 2 amide bonds. The van der Waals surface area contributed by atoms with Crippen LogP contribution in [-0.2, 0) is 9.59 Å². The number of anilines is 2. The summed E-state index contributed by atoms with van der Waals surface area (Å²) in [5.74, 6) is 0.0871. The number of aromatic nitrogens is 2. The van der Waals surface area contributed by atoms with E-state index in [1.165, 1.54) is 6.33 Å². The van der Waals surface area contributed by atoms with Crippen molar-refractivity contribution < 1.29 is 9.59 Å². The van der Waals surface area contributed by atoms with Gasteiger partial charge in [0.2, 0.25) is 11.8 Å². The number of fused-ring (bicyclic) bond motifs is 1. The van der Waals surface area contributed by atoms with E-state index in [4.69, 9.17) is 11.6 Å². The van der Waals surface area contributed by atoms with E-state index in [1.54, 1.807) is 12.1 Å². The molecule has 7 nitrogen and oxygen atoms in total. The van der Waals surface area contributed by atoms with E-state index in [9.17, 15) is 9.59 Å². The van der Waals surface area contributed by atoms with Crippen molar-refractivity contribution in [3.63, 3.8) is 0 Å². The van der Waals surface area contributed by atoms with Gasteiger partial charge in [-0.05, 0) is 35.7 Å². The maximum absolute atomic E-state index is 13.2. The van der Waals surface area contributed by atoms with Crippen LogP contribution in [0.25, 0.3) is 11.3 Å². The topological polar surface area (TPSA) is 96.0 Å². The Balaban J connectivity index is 1.54. The predicted octanol–water partition coefficient (Wildman–Crippen LogP) is 4.96. The minimum Gasteiger partial charge on any atom is -0.326 e. The molecule has 176 valence electrons. The first-order valence-corrected chi connectivity index (χ1v) is 11.7. The molecule has 34 heavy (non-hydrogen) atoms. The van der Waals surface area contributed by atoms with Gasteiger partial charge in [0.25, 0.3) is 0 Å². The van der Waals surface area contributed by atoms with E-state index in [0.29, 0.717) is 29.5 Å². The van der Waals surface area contributed by atoms with Crippen LogP contribution in [0.3, 0.4) is 0 Å². The molecule has 0 saturated carbocycles. The van der Waals surface area contributed by atoms with Crippen LogP contribution in [0.2, 0.25) is 5.02 Å². The van der Waals surface area contributed by atoms with E-state index in [2.05, 4.69) is 25.9 Å². The third-order valence-electron chi connectivity index (χ3n) is 5.87. The Morgan fingerprint density at radius 3 is 2.50 bits per heavy atom. The zero-order valence-electron chi connectivity index (χ0n) is 19.4. The molecular weight excluding hydrogens is 450 g/mol. The van der Waals surface area contributed by atoms with Crippen molar-refractivity contribution in [2.24, 2.45) is 0 Å². The van der Waals surface area contributed by atoms with Crippen LogP contribution >= 0.6 is 11.6 Å². The molecule has 0 spiro atoms. The first-order chi connectivity index (χ1) is 16.3. The molecule has 1 aliphatic heterocycles. The van der Waals surface area contributed by atoms with Gasteiger partial charge in [-0.1, -0.05) is 56.6 Å². The fourth-order valence-corrected chi connectivity index (χ4v) is 4.23. The monoisotopic (exact) mass is 477 g/mol. The number of rotatable bonds is 7. The Morgan fingerprint density at radius 1 is 1.12 bits per heavy atom. The van der Waals surface area contributed by atoms with Crippen molar-refractivity contribution in [2.75, 3.05) is 17.2 Å². The number of hydrogen-bond donors (Lipinski definition) is 3. The lowest BCUT2D eigenvalue weighted by atomic mass is 9.90. The Labute approximate surface area is 204 Å². The standard InChI is InChI=1S/C26H28ClN5O2/c1-15(2)28-13-21(17-4-8-19(27)9-5-17)26(34)31-20-10-6-18(7-11-20)24-23-16(3)12-22(33)32-25(23)30-14-29-24/h4-11,14-16,21,28H,12-13H2,1-3H3,(H,31,34)(H,29,30,32,33)/t16-,21?/m1/s1. The van der Waals surface area contributed by atoms with Crippen LogP contribution in [-0.4, -0.2) is 34.4 Å². The average Bonchev–Trinajstić information content (AvgIpc) is 2.80. The van der Waals surface area contributed by atoms with Crippen molar-refractivity contribution in [1.82, 2.24) is 15.3 Å². The lowest BCUT2D eigenvalue weighted by Crippen LogP contribution is -2.34. The molecule has 2 atom stereocenters. The zero-order valence-corrected chi connectivity index (χ0v) is 20.2. The molecule has 1 aromatic heterocycles. The highest BCUT2D eigenvalue weighted by Gasteiger charge is 2.27. The summed E-state index contributed by atoms with van der Waals surface area (Å²) < 4.78 is 0. The molecule has 0 fully saturated rings. The smallest absolute Gasteiger partial charge is 0.233 e. The maximum atomic E-state index is 13.2. The summed E-state index contributed by atoms with van der Waals surface area (Å²) in [6, 6.07) is 15.2. The normalized spacial score (nSPS) is 16.0. The summed E-state index contributed by atoms with van der Waals surface area (Å²) in [6.07, 6.45) is 1.86. The summed E-state index contributed by atoms with van der Waals surface area (Å²) in [7, 11) is 0. The Hall–Kier alpha value is -3.29. The number of halogens is 1. The molecule has 3 aromatic rings. The molecule has 1 aliphatic rings. The summed E-state index contributed by atoms with van der Waals surface area (Å²) in [5, 5.41) is 9.85. The number of carbonyl (C=O) groups is 2. The zero-order chi connectivity index (χ0) is 24.2. The lowest BCUT2D eigenvalue weighted by molar-refractivity contribution is -0.118. The largest absolute Gasteiger partial charge is 0.326 e. The quantitative estimate of drug-likeness (QED) is 0.446. The van der Waals surface area contributed by atoms with E-state index in [1.807, 2.05) is 57.2 Å². The maximum Gasteiger partial charge on any atom is 0.233 e.